The zero-order chi connectivity index (χ0) is 17.7. The van der Waals surface area contributed by atoms with Crippen molar-refractivity contribution in [3.05, 3.63) is 35.1 Å². The molecule has 1 N–H and O–H groups in total. The van der Waals surface area contributed by atoms with Crippen LogP contribution >= 0.6 is 0 Å². The van der Waals surface area contributed by atoms with E-state index in [1.807, 2.05) is 0 Å². The van der Waals surface area contributed by atoms with E-state index in [0.29, 0.717) is 37.1 Å². The van der Waals surface area contributed by atoms with Crippen LogP contribution < -0.4 is 5.32 Å². The number of halogens is 1. The fourth-order valence-corrected chi connectivity index (χ4v) is 3.12. The standard InChI is InChI=1S/C18H25FN2O3/c1-13-5-6-14(11-15(13)19)17(23)21-10-4-8-18(12-21,24-3)9-7-16(22)20-2/h5-6,11H,4,7-10,12H2,1-3H3,(H,20,22)/t18-/m0/s1. The highest BCUT2D eigenvalue weighted by Crippen LogP contribution is 2.30. The van der Waals surface area contributed by atoms with Gasteiger partial charge in [-0.1, -0.05) is 6.07 Å². The van der Waals surface area contributed by atoms with Crippen molar-refractivity contribution in [1.82, 2.24) is 10.2 Å². The Hall–Kier alpha value is -1.95. The largest absolute Gasteiger partial charge is 0.376 e. The number of ether oxygens (including phenoxy) is 1. The Kier molecular flexibility index (Phi) is 5.94. The van der Waals surface area contributed by atoms with E-state index in [2.05, 4.69) is 5.32 Å². The second-order valence-corrected chi connectivity index (χ2v) is 6.35. The lowest BCUT2D eigenvalue weighted by Crippen LogP contribution is -2.51. The lowest BCUT2D eigenvalue weighted by atomic mass is 9.87. The number of likely N-dealkylation sites (tertiary alicyclic amines) is 1. The first-order valence-corrected chi connectivity index (χ1v) is 8.22. The average Bonchev–Trinajstić information content (AvgIpc) is 2.61. The van der Waals surface area contributed by atoms with Crippen LogP contribution in [0.4, 0.5) is 4.39 Å². The molecule has 0 spiro atoms. The molecule has 24 heavy (non-hydrogen) atoms. The number of hydrogen-bond acceptors (Lipinski definition) is 3. The van der Waals surface area contributed by atoms with Crippen LogP contribution in [0.15, 0.2) is 18.2 Å². The molecule has 1 aromatic carbocycles. The fourth-order valence-electron chi connectivity index (χ4n) is 3.12. The van der Waals surface area contributed by atoms with Gasteiger partial charge >= 0.3 is 0 Å². The summed E-state index contributed by atoms with van der Waals surface area (Å²) in [4.78, 5) is 25.9. The van der Waals surface area contributed by atoms with Crippen molar-refractivity contribution in [2.45, 2.75) is 38.2 Å². The van der Waals surface area contributed by atoms with Gasteiger partial charge < -0.3 is 15.0 Å². The normalized spacial score (nSPS) is 20.8. The fraction of sp³-hybridized carbons (Fsp3) is 0.556. The summed E-state index contributed by atoms with van der Waals surface area (Å²) in [6, 6.07) is 4.54. The van der Waals surface area contributed by atoms with Gasteiger partial charge in [0.2, 0.25) is 5.91 Å². The molecule has 0 saturated carbocycles. The van der Waals surface area contributed by atoms with Gasteiger partial charge in [-0.3, -0.25) is 9.59 Å². The zero-order valence-electron chi connectivity index (χ0n) is 14.5. The molecule has 2 amide bonds. The molecule has 1 saturated heterocycles. The highest BCUT2D eigenvalue weighted by molar-refractivity contribution is 5.94. The number of carbonyl (C=O) groups is 2. The van der Waals surface area contributed by atoms with Gasteiger partial charge in [-0.2, -0.15) is 0 Å². The molecule has 1 aliphatic heterocycles. The van der Waals surface area contributed by atoms with Crippen LogP contribution in [0.25, 0.3) is 0 Å². The SMILES string of the molecule is CNC(=O)CC[C@@]1(OC)CCCN(C(=O)c2ccc(C)c(F)c2)C1. The summed E-state index contributed by atoms with van der Waals surface area (Å²) in [7, 11) is 3.22. The second-order valence-electron chi connectivity index (χ2n) is 6.35. The van der Waals surface area contributed by atoms with E-state index in [0.717, 1.165) is 12.8 Å². The Bertz CT molecular complexity index is 620. The van der Waals surface area contributed by atoms with E-state index in [1.54, 1.807) is 38.1 Å². The van der Waals surface area contributed by atoms with E-state index in [4.69, 9.17) is 4.74 Å². The second kappa shape index (κ2) is 7.75. The summed E-state index contributed by atoms with van der Waals surface area (Å²) in [5.41, 5.74) is 0.335. The van der Waals surface area contributed by atoms with Crippen molar-refractivity contribution < 1.29 is 18.7 Å². The van der Waals surface area contributed by atoms with Gasteiger partial charge in [0, 0.05) is 39.2 Å². The lowest BCUT2D eigenvalue weighted by Gasteiger charge is -2.42. The minimum absolute atomic E-state index is 0.0459. The van der Waals surface area contributed by atoms with Crippen LogP contribution in [0, 0.1) is 12.7 Å². The smallest absolute Gasteiger partial charge is 0.254 e. The number of carbonyl (C=O) groups excluding carboxylic acids is 2. The van der Waals surface area contributed by atoms with Gasteiger partial charge in [0.1, 0.15) is 5.82 Å². The number of piperidine rings is 1. The average molecular weight is 336 g/mol. The van der Waals surface area contributed by atoms with Gasteiger partial charge in [0.15, 0.2) is 0 Å². The molecule has 132 valence electrons. The van der Waals surface area contributed by atoms with E-state index >= 15 is 0 Å². The van der Waals surface area contributed by atoms with Gasteiger partial charge in [-0.25, -0.2) is 4.39 Å². The van der Waals surface area contributed by atoms with Crippen molar-refractivity contribution >= 4 is 11.8 Å². The highest BCUT2D eigenvalue weighted by atomic mass is 19.1. The van der Waals surface area contributed by atoms with Gasteiger partial charge in [-0.05, 0) is 43.9 Å². The monoisotopic (exact) mass is 336 g/mol. The van der Waals surface area contributed by atoms with Crippen LogP contribution in [0.2, 0.25) is 0 Å². The van der Waals surface area contributed by atoms with Crippen molar-refractivity contribution in [2.24, 2.45) is 0 Å². The van der Waals surface area contributed by atoms with Crippen LogP contribution in [0.3, 0.4) is 0 Å². The Balaban J connectivity index is 2.11. The maximum atomic E-state index is 13.7. The molecule has 0 aliphatic carbocycles. The minimum Gasteiger partial charge on any atom is -0.376 e. The van der Waals surface area contributed by atoms with Crippen molar-refractivity contribution in [2.75, 3.05) is 27.2 Å². The zero-order valence-corrected chi connectivity index (χ0v) is 14.5. The number of amides is 2. The number of nitrogens with one attached hydrogen (secondary N) is 1. The maximum absolute atomic E-state index is 13.7. The summed E-state index contributed by atoms with van der Waals surface area (Å²) < 4.78 is 19.4. The molecular formula is C18H25FN2O3. The minimum atomic E-state index is -0.524. The molecule has 1 aliphatic rings. The quantitative estimate of drug-likeness (QED) is 0.897. The third-order valence-electron chi connectivity index (χ3n) is 4.76. The van der Waals surface area contributed by atoms with Crippen molar-refractivity contribution in [1.29, 1.82) is 0 Å². The topological polar surface area (TPSA) is 58.6 Å². The van der Waals surface area contributed by atoms with E-state index in [9.17, 15) is 14.0 Å². The molecule has 1 aromatic rings. The molecule has 2 rings (SSSR count). The Labute approximate surface area is 142 Å². The number of aryl methyl sites for hydroxylation is 1. The van der Waals surface area contributed by atoms with Crippen LogP contribution in [-0.2, 0) is 9.53 Å². The van der Waals surface area contributed by atoms with Crippen LogP contribution in [-0.4, -0.2) is 49.6 Å². The highest BCUT2D eigenvalue weighted by Gasteiger charge is 2.37. The summed E-state index contributed by atoms with van der Waals surface area (Å²) in [5, 5.41) is 2.60. The maximum Gasteiger partial charge on any atom is 0.254 e. The van der Waals surface area contributed by atoms with Gasteiger partial charge in [-0.15, -0.1) is 0 Å². The van der Waals surface area contributed by atoms with Gasteiger partial charge in [0.25, 0.3) is 5.91 Å². The summed E-state index contributed by atoms with van der Waals surface area (Å²) >= 11 is 0. The van der Waals surface area contributed by atoms with E-state index < -0.39 is 5.60 Å². The third-order valence-corrected chi connectivity index (χ3v) is 4.76. The molecule has 1 fully saturated rings. The number of rotatable bonds is 5. The number of methoxy groups -OCH3 is 1. The first-order chi connectivity index (χ1) is 11.4. The first kappa shape index (κ1) is 18.4. The molecule has 0 aromatic heterocycles. The summed E-state index contributed by atoms with van der Waals surface area (Å²) in [5.74, 6) is -0.624. The summed E-state index contributed by atoms with van der Waals surface area (Å²) in [6.07, 6.45) is 2.49. The van der Waals surface area contributed by atoms with Crippen LogP contribution in [0.1, 0.15) is 41.6 Å². The van der Waals surface area contributed by atoms with E-state index in [1.165, 1.54) is 6.07 Å². The number of hydrogen-bond donors (Lipinski definition) is 1. The molecule has 1 atom stereocenters. The molecule has 1 heterocycles. The van der Waals surface area contributed by atoms with Crippen molar-refractivity contribution in [3.8, 4) is 0 Å². The molecular weight excluding hydrogens is 311 g/mol. The first-order valence-electron chi connectivity index (χ1n) is 8.22. The lowest BCUT2D eigenvalue weighted by molar-refractivity contribution is -0.123. The molecule has 0 bridgehead atoms. The molecule has 6 heteroatoms. The molecule has 0 radical (unpaired) electrons. The number of nitrogens with zero attached hydrogens (tertiary/aromatic N) is 1. The van der Waals surface area contributed by atoms with Crippen LogP contribution in [0.5, 0.6) is 0 Å². The predicted molar refractivity (Wildman–Crippen MR) is 89.3 cm³/mol. The third kappa shape index (κ3) is 4.12. The van der Waals surface area contributed by atoms with Gasteiger partial charge in [0.05, 0.1) is 5.60 Å². The Morgan fingerprint density at radius 2 is 2.17 bits per heavy atom. The van der Waals surface area contributed by atoms with Crippen molar-refractivity contribution in [3.63, 3.8) is 0 Å². The predicted octanol–water partition coefficient (Wildman–Crippen LogP) is 2.28. The number of benzene rings is 1. The molecule has 5 nitrogen and oxygen atoms in total. The Morgan fingerprint density at radius 3 is 2.79 bits per heavy atom. The summed E-state index contributed by atoms with van der Waals surface area (Å²) in [6.45, 7) is 2.69. The Morgan fingerprint density at radius 1 is 1.42 bits per heavy atom. The molecule has 0 unspecified atom stereocenters. The van der Waals surface area contributed by atoms with E-state index in [-0.39, 0.29) is 17.6 Å².